The summed E-state index contributed by atoms with van der Waals surface area (Å²) in [6.45, 7) is 6.26. The first-order valence-corrected chi connectivity index (χ1v) is 9.31. The molecule has 1 aliphatic rings. The number of carbonyl (C=O) groups is 1. The van der Waals surface area contributed by atoms with Gasteiger partial charge in [-0.25, -0.2) is 9.78 Å². The minimum Gasteiger partial charge on any atom is -0.361 e. The van der Waals surface area contributed by atoms with E-state index in [-0.39, 0.29) is 12.1 Å². The Labute approximate surface area is 146 Å². The number of aryl methyl sites for hydroxylation is 4. The molecular weight excluding hydrogens is 324 g/mol. The third-order valence-corrected chi connectivity index (χ3v) is 5.60. The third-order valence-electron chi connectivity index (χ3n) is 4.38. The maximum absolute atomic E-state index is 12.1. The molecule has 0 saturated heterocycles. The largest absolute Gasteiger partial charge is 0.361 e. The van der Waals surface area contributed by atoms with Crippen molar-refractivity contribution in [3.63, 3.8) is 0 Å². The summed E-state index contributed by atoms with van der Waals surface area (Å²) in [5.41, 5.74) is 3.03. The number of fused-ring (bicyclic) bond motifs is 1. The summed E-state index contributed by atoms with van der Waals surface area (Å²) in [4.78, 5) is 18.2. The van der Waals surface area contributed by atoms with E-state index in [2.05, 4.69) is 15.8 Å². The van der Waals surface area contributed by atoms with E-state index in [1.165, 1.54) is 23.4 Å². The van der Waals surface area contributed by atoms with E-state index in [9.17, 15) is 4.79 Å². The van der Waals surface area contributed by atoms with Crippen LogP contribution in [-0.4, -0.2) is 22.7 Å². The zero-order valence-corrected chi connectivity index (χ0v) is 15.3. The predicted octanol–water partition coefficient (Wildman–Crippen LogP) is 3.23. The number of nitrogens with one attached hydrogen (secondary N) is 2. The van der Waals surface area contributed by atoms with Crippen molar-refractivity contribution in [2.45, 2.75) is 58.9 Å². The summed E-state index contributed by atoms with van der Waals surface area (Å²) in [5, 5.41) is 10.9. The average molecular weight is 348 g/mol. The quantitative estimate of drug-likeness (QED) is 0.869. The number of urea groups is 1. The zero-order chi connectivity index (χ0) is 17.1. The van der Waals surface area contributed by atoms with Crippen molar-refractivity contribution in [1.82, 2.24) is 20.8 Å². The van der Waals surface area contributed by atoms with Gasteiger partial charge in [-0.15, -0.1) is 11.3 Å². The molecule has 0 saturated carbocycles. The van der Waals surface area contributed by atoms with Gasteiger partial charge < -0.3 is 15.2 Å². The topological polar surface area (TPSA) is 80.0 Å². The number of hydrogen-bond donors (Lipinski definition) is 2. The van der Waals surface area contributed by atoms with Crippen LogP contribution in [0.15, 0.2) is 4.52 Å². The molecule has 2 amide bonds. The maximum atomic E-state index is 12.1. The average Bonchev–Trinajstić information content (AvgIpc) is 3.09. The van der Waals surface area contributed by atoms with Crippen molar-refractivity contribution in [2.24, 2.45) is 0 Å². The molecule has 1 aliphatic carbocycles. The van der Waals surface area contributed by atoms with Crippen LogP contribution in [-0.2, 0) is 19.3 Å². The second-order valence-corrected chi connectivity index (χ2v) is 7.46. The van der Waals surface area contributed by atoms with Crippen molar-refractivity contribution < 1.29 is 9.32 Å². The number of carbonyl (C=O) groups excluding carboxylic acids is 1. The lowest BCUT2D eigenvalue weighted by Gasteiger charge is -2.14. The highest BCUT2D eigenvalue weighted by molar-refractivity contribution is 7.11. The van der Waals surface area contributed by atoms with E-state index >= 15 is 0 Å². The van der Waals surface area contributed by atoms with Crippen LogP contribution in [0.5, 0.6) is 0 Å². The van der Waals surface area contributed by atoms with E-state index in [0.717, 1.165) is 41.3 Å². The fourth-order valence-electron chi connectivity index (χ4n) is 3.22. The first-order chi connectivity index (χ1) is 11.5. The van der Waals surface area contributed by atoms with Crippen LogP contribution in [0, 0.1) is 13.8 Å². The Bertz CT molecular complexity index is 679. The van der Waals surface area contributed by atoms with Gasteiger partial charge in [-0.1, -0.05) is 5.16 Å². The zero-order valence-electron chi connectivity index (χ0n) is 14.4. The van der Waals surface area contributed by atoms with Crippen LogP contribution in [0.3, 0.4) is 0 Å². The van der Waals surface area contributed by atoms with Gasteiger partial charge in [0.25, 0.3) is 0 Å². The lowest BCUT2D eigenvalue weighted by molar-refractivity contribution is 0.238. The highest BCUT2D eigenvalue weighted by Crippen LogP contribution is 2.26. The van der Waals surface area contributed by atoms with Gasteiger partial charge in [0.05, 0.1) is 22.4 Å². The predicted molar refractivity (Wildman–Crippen MR) is 93.4 cm³/mol. The van der Waals surface area contributed by atoms with Crippen LogP contribution in [0.4, 0.5) is 4.79 Å². The molecule has 3 rings (SSSR count). The molecule has 24 heavy (non-hydrogen) atoms. The molecule has 130 valence electrons. The van der Waals surface area contributed by atoms with Crippen molar-refractivity contribution in [1.29, 1.82) is 0 Å². The highest BCUT2D eigenvalue weighted by atomic mass is 32.1. The summed E-state index contributed by atoms with van der Waals surface area (Å²) in [6, 6.07) is -0.313. The Morgan fingerprint density at radius 3 is 2.83 bits per heavy atom. The van der Waals surface area contributed by atoms with Gasteiger partial charge >= 0.3 is 6.03 Å². The van der Waals surface area contributed by atoms with Crippen molar-refractivity contribution >= 4 is 17.4 Å². The van der Waals surface area contributed by atoms with Crippen molar-refractivity contribution in [3.8, 4) is 0 Å². The van der Waals surface area contributed by atoms with Crippen LogP contribution < -0.4 is 10.6 Å². The summed E-state index contributed by atoms with van der Waals surface area (Å²) < 4.78 is 5.15. The monoisotopic (exact) mass is 348 g/mol. The molecule has 2 heterocycles. The van der Waals surface area contributed by atoms with Gasteiger partial charge in [-0.05, 0) is 46.5 Å². The Morgan fingerprint density at radius 2 is 2.12 bits per heavy atom. The molecule has 0 fully saturated rings. The fourth-order valence-corrected chi connectivity index (χ4v) is 4.38. The molecular formula is C17H24N4O2S. The number of hydrogen-bond acceptors (Lipinski definition) is 5. The highest BCUT2D eigenvalue weighted by Gasteiger charge is 2.18. The van der Waals surface area contributed by atoms with Crippen molar-refractivity contribution in [3.05, 3.63) is 32.6 Å². The normalized spacial score (nSPS) is 15.0. The van der Waals surface area contributed by atoms with E-state index in [1.807, 2.05) is 20.8 Å². The Kier molecular flexibility index (Phi) is 5.18. The summed E-state index contributed by atoms with van der Waals surface area (Å²) in [6.07, 6.45) is 5.57. The lowest BCUT2D eigenvalue weighted by Crippen LogP contribution is -2.38. The first-order valence-electron chi connectivity index (χ1n) is 8.49. The summed E-state index contributed by atoms with van der Waals surface area (Å²) in [5.74, 6) is 0.744. The molecule has 7 heteroatoms. The van der Waals surface area contributed by atoms with E-state index in [1.54, 1.807) is 11.3 Å². The molecule has 0 bridgehead atoms. The fraction of sp³-hybridized carbons (Fsp3) is 0.588. The Morgan fingerprint density at radius 1 is 1.33 bits per heavy atom. The standard InChI is InChI=1S/C17H24N4O2S/c1-10(16-11(2)21-23-12(16)3)19-17(22)18-9-8-15-20-13-6-4-5-7-14(13)24-15/h10H,4-9H2,1-3H3,(H2,18,19,22)/t10-/m0/s1. The van der Waals surface area contributed by atoms with Crippen LogP contribution in [0.25, 0.3) is 0 Å². The molecule has 1 atom stereocenters. The molecule has 0 unspecified atom stereocenters. The van der Waals surface area contributed by atoms with Gasteiger partial charge in [0.1, 0.15) is 5.76 Å². The molecule has 2 N–H and O–H groups in total. The molecule has 2 aromatic heterocycles. The molecule has 0 radical (unpaired) electrons. The van der Waals surface area contributed by atoms with Gasteiger partial charge in [0.15, 0.2) is 0 Å². The second-order valence-electron chi connectivity index (χ2n) is 6.29. The second kappa shape index (κ2) is 7.34. The van der Waals surface area contributed by atoms with E-state index in [0.29, 0.717) is 6.54 Å². The molecule has 6 nitrogen and oxygen atoms in total. The van der Waals surface area contributed by atoms with Gasteiger partial charge in [0.2, 0.25) is 0 Å². The Balaban J connectivity index is 1.46. The number of aromatic nitrogens is 2. The van der Waals surface area contributed by atoms with Crippen LogP contribution >= 0.6 is 11.3 Å². The molecule has 2 aromatic rings. The lowest BCUT2D eigenvalue weighted by atomic mass is 10.0. The number of nitrogens with zero attached hydrogens (tertiary/aromatic N) is 2. The third kappa shape index (κ3) is 3.77. The van der Waals surface area contributed by atoms with E-state index in [4.69, 9.17) is 9.51 Å². The van der Waals surface area contributed by atoms with Crippen LogP contribution in [0.2, 0.25) is 0 Å². The minimum absolute atomic E-state index is 0.136. The van der Waals surface area contributed by atoms with E-state index < -0.39 is 0 Å². The smallest absolute Gasteiger partial charge is 0.315 e. The minimum atomic E-state index is -0.177. The molecule has 0 aromatic carbocycles. The number of rotatable bonds is 5. The number of thiazole rings is 1. The summed E-state index contributed by atoms with van der Waals surface area (Å²) >= 11 is 1.80. The van der Waals surface area contributed by atoms with Gasteiger partial charge in [0, 0.05) is 23.4 Å². The first kappa shape index (κ1) is 17.0. The summed E-state index contributed by atoms with van der Waals surface area (Å²) in [7, 11) is 0. The maximum Gasteiger partial charge on any atom is 0.315 e. The number of amides is 2. The Hall–Kier alpha value is -1.89. The molecule has 0 spiro atoms. The van der Waals surface area contributed by atoms with Crippen LogP contribution in [0.1, 0.15) is 58.4 Å². The molecule has 0 aliphatic heterocycles. The van der Waals surface area contributed by atoms with Gasteiger partial charge in [-0.3, -0.25) is 0 Å². The SMILES string of the molecule is Cc1noc(C)c1[C@H](C)NC(=O)NCCc1nc2c(s1)CCCC2. The van der Waals surface area contributed by atoms with Crippen molar-refractivity contribution in [2.75, 3.05) is 6.54 Å². The van der Waals surface area contributed by atoms with Gasteiger partial charge in [-0.2, -0.15) is 0 Å².